The lowest BCUT2D eigenvalue weighted by molar-refractivity contribution is 0.336. The van der Waals surface area contributed by atoms with Crippen molar-refractivity contribution in [2.24, 2.45) is 5.92 Å². The van der Waals surface area contributed by atoms with Crippen LogP contribution in [0.2, 0.25) is 0 Å². The van der Waals surface area contributed by atoms with Gasteiger partial charge in [-0.1, -0.05) is 54.1 Å². The molecule has 0 radical (unpaired) electrons. The largest absolute Gasteiger partial charge is 0.207 e. The molecule has 0 aliphatic heterocycles. The van der Waals surface area contributed by atoms with Crippen LogP contribution in [0.1, 0.15) is 44.1 Å². The molecule has 1 aromatic carbocycles. The van der Waals surface area contributed by atoms with Crippen LogP contribution in [0.4, 0.5) is 8.78 Å². The molecule has 0 saturated heterocycles. The number of alkyl halides is 1. The molecule has 18 heavy (non-hydrogen) atoms. The summed E-state index contributed by atoms with van der Waals surface area (Å²) in [6.45, 7) is 0. The summed E-state index contributed by atoms with van der Waals surface area (Å²) in [4.78, 5) is 0.292. The van der Waals surface area contributed by atoms with Crippen molar-refractivity contribution in [1.29, 1.82) is 0 Å². The number of hydrogen-bond donors (Lipinski definition) is 0. The van der Waals surface area contributed by atoms with Crippen molar-refractivity contribution in [3.63, 3.8) is 0 Å². The van der Waals surface area contributed by atoms with Gasteiger partial charge in [0.1, 0.15) is 11.6 Å². The van der Waals surface area contributed by atoms with E-state index in [1.54, 1.807) is 6.07 Å². The van der Waals surface area contributed by atoms with E-state index in [-0.39, 0.29) is 0 Å². The summed E-state index contributed by atoms with van der Waals surface area (Å²) in [5.74, 6) is -0.163. The van der Waals surface area contributed by atoms with Gasteiger partial charge in [0, 0.05) is 10.9 Å². The van der Waals surface area contributed by atoms with E-state index < -0.39 is 11.6 Å². The van der Waals surface area contributed by atoms with Crippen LogP contribution in [0, 0.1) is 17.6 Å². The van der Waals surface area contributed by atoms with Crippen LogP contribution in [-0.2, 0) is 6.42 Å². The maximum Gasteiger partial charge on any atom is 0.129 e. The van der Waals surface area contributed by atoms with Gasteiger partial charge >= 0.3 is 0 Å². The summed E-state index contributed by atoms with van der Waals surface area (Å²) in [6.07, 6.45) is 8.35. The molecule has 1 aromatic rings. The molecule has 0 aromatic heterocycles. The topological polar surface area (TPSA) is 0 Å². The average Bonchev–Trinajstić information content (AvgIpc) is 2.34. The highest BCUT2D eigenvalue weighted by molar-refractivity contribution is 9.09. The third kappa shape index (κ3) is 4.04. The van der Waals surface area contributed by atoms with Crippen molar-refractivity contribution >= 4 is 15.9 Å². The molecular weight excluding hydrogens is 298 g/mol. The quantitative estimate of drug-likeness (QED) is 0.666. The first kappa shape index (κ1) is 14.0. The first-order chi connectivity index (χ1) is 8.65. The van der Waals surface area contributed by atoms with Gasteiger partial charge in [-0.05, 0) is 30.4 Å². The van der Waals surface area contributed by atoms with Gasteiger partial charge in [-0.2, -0.15) is 0 Å². The maximum atomic E-state index is 13.5. The van der Waals surface area contributed by atoms with Crippen molar-refractivity contribution in [2.75, 3.05) is 0 Å². The minimum absolute atomic E-state index is 0.292. The van der Waals surface area contributed by atoms with Crippen LogP contribution in [-0.4, -0.2) is 4.83 Å². The smallest absolute Gasteiger partial charge is 0.129 e. The number of hydrogen-bond acceptors (Lipinski definition) is 0. The second-order valence-corrected chi connectivity index (χ2v) is 6.57. The number of benzene rings is 1. The van der Waals surface area contributed by atoms with Gasteiger partial charge < -0.3 is 0 Å². The fraction of sp³-hybridized carbons (Fsp3) is 0.600. The minimum Gasteiger partial charge on any atom is -0.207 e. The van der Waals surface area contributed by atoms with E-state index in [2.05, 4.69) is 15.9 Å². The molecule has 0 bridgehead atoms. The van der Waals surface area contributed by atoms with Crippen molar-refractivity contribution in [3.8, 4) is 0 Å². The molecule has 1 aliphatic carbocycles. The third-order valence-corrected chi connectivity index (χ3v) is 4.47. The summed E-state index contributed by atoms with van der Waals surface area (Å²) in [6, 6.07) is 3.86. The Morgan fingerprint density at radius 1 is 1.17 bits per heavy atom. The van der Waals surface area contributed by atoms with Crippen LogP contribution in [0.25, 0.3) is 0 Å². The lowest BCUT2D eigenvalue weighted by atomic mass is 9.85. The maximum absolute atomic E-state index is 13.5. The predicted octanol–water partition coefficient (Wildman–Crippen LogP) is 5.24. The molecule has 1 aliphatic rings. The third-order valence-electron chi connectivity index (χ3n) is 3.77. The summed E-state index contributed by atoms with van der Waals surface area (Å²) in [5, 5.41) is 0. The zero-order valence-corrected chi connectivity index (χ0v) is 12.1. The van der Waals surface area contributed by atoms with E-state index in [1.165, 1.54) is 38.2 Å². The Balaban J connectivity index is 1.87. The second kappa shape index (κ2) is 6.65. The molecule has 2 rings (SSSR count). The summed E-state index contributed by atoms with van der Waals surface area (Å²) in [7, 11) is 0. The minimum atomic E-state index is -0.505. The Kier molecular flexibility index (Phi) is 5.16. The molecule has 100 valence electrons. The SMILES string of the molecule is Fc1ccc(CC(Br)CC2CCCCC2)c(F)c1. The van der Waals surface area contributed by atoms with Crippen LogP contribution in [0.3, 0.4) is 0 Å². The zero-order valence-electron chi connectivity index (χ0n) is 10.5. The number of rotatable bonds is 4. The standard InChI is InChI=1S/C15H19BrF2/c16-13(8-11-4-2-1-3-5-11)9-12-6-7-14(17)10-15(12)18/h6-7,10-11,13H,1-5,8-9H2. The molecule has 0 heterocycles. The molecule has 0 N–H and O–H groups in total. The molecule has 1 atom stereocenters. The van der Waals surface area contributed by atoms with Gasteiger partial charge in [-0.15, -0.1) is 0 Å². The predicted molar refractivity (Wildman–Crippen MR) is 74.0 cm³/mol. The first-order valence-electron chi connectivity index (χ1n) is 6.73. The summed E-state index contributed by atoms with van der Waals surface area (Å²) >= 11 is 3.64. The van der Waals surface area contributed by atoms with Crippen molar-refractivity contribution in [3.05, 3.63) is 35.4 Å². The number of halogens is 3. The Morgan fingerprint density at radius 3 is 2.56 bits per heavy atom. The fourth-order valence-electron chi connectivity index (χ4n) is 2.79. The average molecular weight is 317 g/mol. The molecule has 1 saturated carbocycles. The highest BCUT2D eigenvalue weighted by Gasteiger charge is 2.18. The Bertz CT molecular complexity index is 386. The van der Waals surface area contributed by atoms with E-state index in [9.17, 15) is 8.78 Å². The molecule has 1 unspecified atom stereocenters. The highest BCUT2D eigenvalue weighted by Crippen LogP contribution is 2.30. The molecule has 0 spiro atoms. The Labute approximate surface area is 116 Å². The van der Waals surface area contributed by atoms with Crippen LogP contribution in [0.15, 0.2) is 18.2 Å². The fourth-order valence-corrected chi connectivity index (χ4v) is 3.67. The highest BCUT2D eigenvalue weighted by atomic mass is 79.9. The van der Waals surface area contributed by atoms with Gasteiger partial charge in [-0.3, -0.25) is 0 Å². The van der Waals surface area contributed by atoms with Gasteiger partial charge in [0.2, 0.25) is 0 Å². The van der Waals surface area contributed by atoms with Crippen LogP contribution >= 0.6 is 15.9 Å². The summed E-state index contributed by atoms with van der Waals surface area (Å²) < 4.78 is 26.3. The molecule has 0 amide bonds. The van der Waals surface area contributed by atoms with Crippen LogP contribution in [0.5, 0.6) is 0 Å². The van der Waals surface area contributed by atoms with Gasteiger partial charge in [0.15, 0.2) is 0 Å². The van der Waals surface area contributed by atoms with Crippen LogP contribution < -0.4 is 0 Å². The lowest BCUT2D eigenvalue weighted by Gasteiger charge is -2.24. The zero-order chi connectivity index (χ0) is 13.0. The summed E-state index contributed by atoms with van der Waals surface area (Å²) in [5.41, 5.74) is 0.606. The Hall–Kier alpha value is -0.440. The van der Waals surface area contributed by atoms with Gasteiger partial charge in [0.05, 0.1) is 0 Å². The Morgan fingerprint density at radius 2 is 1.89 bits per heavy atom. The lowest BCUT2D eigenvalue weighted by Crippen LogP contribution is -2.14. The van der Waals surface area contributed by atoms with E-state index in [0.29, 0.717) is 16.8 Å². The second-order valence-electron chi connectivity index (χ2n) is 5.28. The molecule has 1 fully saturated rings. The first-order valence-corrected chi connectivity index (χ1v) is 7.64. The molecule has 0 nitrogen and oxygen atoms in total. The van der Waals surface area contributed by atoms with Gasteiger partial charge in [-0.25, -0.2) is 8.78 Å². The van der Waals surface area contributed by atoms with Crippen molar-refractivity contribution in [2.45, 2.75) is 49.8 Å². The normalized spacial score (nSPS) is 18.8. The van der Waals surface area contributed by atoms with E-state index in [4.69, 9.17) is 0 Å². The molecule has 3 heteroatoms. The van der Waals surface area contributed by atoms with Gasteiger partial charge in [0.25, 0.3) is 0 Å². The van der Waals surface area contributed by atoms with E-state index in [0.717, 1.165) is 18.4 Å². The van der Waals surface area contributed by atoms with E-state index in [1.807, 2.05) is 0 Å². The van der Waals surface area contributed by atoms with Crippen molar-refractivity contribution in [1.82, 2.24) is 0 Å². The monoisotopic (exact) mass is 316 g/mol. The van der Waals surface area contributed by atoms with E-state index >= 15 is 0 Å². The van der Waals surface area contributed by atoms with Crippen molar-refractivity contribution < 1.29 is 8.78 Å². The molecular formula is C15H19BrF2.